The molecule has 0 unspecified atom stereocenters. The van der Waals surface area contributed by atoms with Crippen molar-refractivity contribution in [2.24, 2.45) is 0 Å². The first-order valence-corrected chi connectivity index (χ1v) is 10.4. The fourth-order valence-electron chi connectivity index (χ4n) is 4.29. The molecule has 0 saturated carbocycles. The molecule has 1 aromatic heterocycles. The molecule has 31 heavy (non-hydrogen) atoms. The number of ether oxygens (including phenoxy) is 2. The molecular formula is C22H24F3N3O3. The lowest BCUT2D eigenvalue weighted by molar-refractivity contribution is -0.144. The van der Waals surface area contributed by atoms with Gasteiger partial charge < -0.3 is 14.4 Å². The molecule has 2 saturated heterocycles. The van der Waals surface area contributed by atoms with E-state index < -0.39 is 17.3 Å². The lowest BCUT2D eigenvalue weighted by Crippen LogP contribution is -2.53. The number of piperidine rings is 1. The fraction of sp³-hybridized carbons (Fsp3) is 0.500. The number of amides is 1. The number of rotatable bonds is 4. The van der Waals surface area contributed by atoms with E-state index >= 15 is 0 Å². The summed E-state index contributed by atoms with van der Waals surface area (Å²) in [5.74, 6) is 0.0794. The number of nitrogens with zero attached hydrogens (tertiary/aromatic N) is 3. The molecule has 6 nitrogen and oxygen atoms in total. The monoisotopic (exact) mass is 435 g/mol. The van der Waals surface area contributed by atoms with Crippen LogP contribution < -0.4 is 4.74 Å². The molecule has 0 atom stereocenters. The molecule has 2 aromatic rings. The topological polar surface area (TPSA) is 64.6 Å². The van der Waals surface area contributed by atoms with Gasteiger partial charge in [0, 0.05) is 45.3 Å². The molecule has 1 amide bonds. The maximum atomic E-state index is 13.6. The third-order valence-electron chi connectivity index (χ3n) is 6.01. The number of alkyl halides is 3. The van der Waals surface area contributed by atoms with E-state index in [1.54, 1.807) is 0 Å². The summed E-state index contributed by atoms with van der Waals surface area (Å²) in [5, 5.41) is 0. The Morgan fingerprint density at radius 3 is 2.42 bits per heavy atom. The Hall–Kier alpha value is -2.68. The molecule has 2 aliphatic heterocycles. The minimum atomic E-state index is -4.55. The maximum absolute atomic E-state index is 13.6. The van der Waals surface area contributed by atoms with Gasteiger partial charge in [-0.1, -0.05) is 30.3 Å². The van der Waals surface area contributed by atoms with Gasteiger partial charge in [0.25, 0.3) is 0 Å². The van der Waals surface area contributed by atoms with Crippen LogP contribution in [-0.2, 0) is 21.1 Å². The van der Waals surface area contributed by atoms with Crippen LogP contribution in [0.1, 0.15) is 36.9 Å². The van der Waals surface area contributed by atoms with Crippen LogP contribution in [0, 0.1) is 0 Å². The summed E-state index contributed by atoms with van der Waals surface area (Å²) in [6, 6.07) is 10.3. The Labute approximate surface area is 178 Å². The van der Waals surface area contributed by atoms with Crippen LogP contribution >= 0.6 is 0 Å². The maximum Gasteiger partial charge on any atom is 0.433 e. The van der Waals surface area contributed by atoms with Crippen LogP contribution in [0.4, 0.5) is 13.2 Å². The van der Waals surface area contributed by atoms with Gasteiger partial charge in [0.05, 0.1) is 5.41 Å². The molecule has 2 aliphatic rings. The van der Waals surface area contributed by atoms with Crippen molar-refractivity contribution in [3.63, 3.8) is 0 Å². The van der Waals surface area contributed by atoms with Gasteiger partial charge in [-0.05, 0) is 24.5 Å². The number of hydrogen-bond acceptors (Lipinski definition) is 5. The first kappa shape index (κ1) is 21.5. The second kappa shape index (κ2) is 8.82. The summed E-state index contributed by atoms with van der Waals surface area (Å²) < 4.78 is 49.6. The van der Waals surface area contributed by atoms with Crippen molar-refractivity contribution in [3.05, 3.63) is 53.9 Å². The number of likely N-dealkylation sites (tertiary alicyclic amines) is 1. The summed E-state index contributed by atoms with van der Waals surface area (Å²) in [6.45, 7) is 2.01. The highest BCUT2D eigenvalue weighted by atomic mass is 19.4. The molecule has 0 aliphatic carbocycles. The Morgan fingerprint density at radius 1 is 1.10 bits per heavy atom. The third kappa shape index (κ3) is 4.66. The summed E-state index contributed by atoms with van der Waals surface area (Å²) in [7, 11) is 0. The quantitative estimate of drug-likeness (QED) is 0.734. The SMILES string of the molecule is O=C(N1CCC(Oc2nccc(C(F)(F)F)n2)CC1)C1(c2ccccc2)CCOCC1. The summed E-state index contributed by atoms with van der Waals surface area (Å²) >= 11 is 0. The molecule has 9 heteroatoms. The standard InChI is InChI=1S/C22H24F3N3O3/c23-22(24,25)18-6-11-26-20(27-18)31-17-7-12-28(13-8-17)19(29)21(9-14-30-15-10-21)16-4-2-1-3-5-16/h1-6,11,17H,7-10,12-15H2. The Kier molecular flexibility index (Phi) is 6.13. The smallest absolute Gasteiger partial charge is 0.433 e. The van der Waals surface area contributed by atoms with E-state index in [0.717, 1.165) is 17.8 Å². The van der Waals surface area contributed by atoms with Gasteiger partial charge in [-0.15, -0.1) is 0 Å². The average Bonchev–Trinajstić information content (AvgIpc) is 2.80. The van der Waals surface area contributed by atoms with Crippen molar-refractivity contribution in [3.8, 4) is 6.01 Å². The molecule has 4 rings (SSSR count). The molecule has 3 heterocycles. The molecular weight excluding hydrogens is 411 g/mol. The molecule has 0 N–H and O–H groups in total. The Bertz CT molecular complexity index is 894. The minimum absolute atomic E-state index is 0.0794. The highest BCUT2D eigenvalue weighted by molar-refractivity contribution is 5.88. The highest BCUT2D eigenvalue weighted by Gasteiger charge is 2.44. The molecule has 0 radical (unpaired) electrons. The number of aromatic nitrogens is 2. The van der Waals surface area contributed by atoms with Crippen molar-refractivity contribution in [1.29, 1.82) is 0 Å². The van der Waals surface area contributed by atoms with Crippen LogP contribution in [0.3, 0.4) is 0 Å². The van der Waals surface area contributed by atoms with E-state index in [2.05, 4.69) is 9.97 Å². The van der Waals surface area contributed by atoms with Crippen molar-refractivity contribution in [2.75, 3.05) is 26.3 Å². The number of halogens is 3. The zero-order valence-electron chi connectivity index (χ0n) is 17.0. The summed E-state index contributed by atoms with van der Waals surface area (Å²) in [6.07, 6.45) is -1.58. The lowest BCUT2D eigenvalue weighted by Gasteiger charge is -2.42. The fourth-order valence-corrected chi connectivity index (χ4v) is 4.29. The number of hydrogen-bond donors (Lipinski definition) is 0. The van der Waals surface area contributed by atoms with Crippen molar-refractivity contribution < 1.29 is 27.4 Å². The van der Waals surface area contributed by atoms with E-state index in [1.165, 1.54) is 0 Å². The number of carbonyl (C=O) groups excluding carboxylic acids is 1. The summed E-state index contributed by atoms with van der Waals surface area (Å²) in [5.41, 5.74) is -0.634. The van der Waals surface area contributed by atoms with Gasteiger partial charge in [0.2, 0.25) is 5.91 Å². The second-order valence-electron chi connectivity index (χ2n) is 7.89. The van der Waals surface area contributed by atoms with Gasteiger partial charge in [-0.3, -0.25) is 4.79 Å². The first-order valence-electron chi connectivity index (χ1n) is 10.4. The predicted molar refractivity (Wildman–Crippen MR) is 105 cm³/mol. The normalized spacial score (nSPS) is 19.8. The highest BCUT2D eigenvalue weighted by Crippen LogP contribution is 2.37. The first-order chi connectivity index (χ1) is 14.9. The van der Waals surface area contributed by atoms with Crippen molar-refractivity contribution in [1.82, 2.24) is 14.9 Å². The van der Waals surface area contributed by atoms with Gasteiger partial charge in [0.15, 0.2) is 5.69 Å². The minimum Gasteiger partial charge on any atom is -0.460 e. The predicted octanol–water partition coefficient (Wildman–Crippen LogP) is 3.61. The van der Waals surface area contributed by atoms with E-state index in [4.69, 9.17) is 9.47 Å². The Morgan fingerprint density at radius 2 is 1.77 bits per heavy atom. The summed E-state index contributed by atoms with van der Waals surface area (Å²) in [4.78, 5) is 22.7. The molecule has 2 fully saturated rings. The van der Waals surface area contributed by atoms with Crippen LogP contribution in [0.25, 0.3) is 0 Å². The zero-order valence-corrected chi connectivity index (χ0v) is 17.0. The van der Waals surface area contributed by atoms with Gasteiger partial charge in [0.1, 0.15) is 6.10 Å². The van der Waals surface area contributed by atoms with Crippen LogP contribution in [0.5, 0.6) is 6.01 Å². The number of carbonyl (C=O) groups is 1. The number of benzene rings is 1. The van der Waals surface area contributed by atoms with Gasteiger partial charge in [-0.25, -0.2) is 4.98 Å². The van der Waals surface area contributed by atoms with E-state index in [1.807, 2.05) is 35.2 Å². The van der Waals surface area contributed by atoms with Gasteiger partial charge in [-0.2, -0.15) is 18.2 Å². The van der Waals surface area contributed by atoms with Crippen molar-refractivity contribution in [2.45, 2.75) is 43.4 Å². The van der Waals surface area contributed by atoms with Crippen molar-refractivity contribution >= 4 is 5.91 Å². The average molecular weight is 435 g/mol. The Balaban J connectivity index is 1.42. The van der Waals surface area contributed by atoms with Gasteiger partial charge >= 0.3 is 12.2 Å². The third-order valence-corrected chi connectivity index (χ3v) is 6.01. The lowest BCUT2D eigenvalue weighted by atomic mass is 9.72. The second-order valence-corrected chi connectivity index (χ2v) is 7.89. The van der Waals surface area contributed by atoms with Crippen LogP contribution in [-0.4, -0.2) is 53.2 Å². The van der Waals surface area contributed by atoms with Crippen LogP contribution in [0.2, 0.25) is 0 Å². The molecule has 1 aromatic carbocycles. The zero-order chi connectivity index (χ0) is 21.9. The largest absolute Gasteiger partial charge is 0.460 e. The van der Waals surface area contributed by atoms with E-state index in [9.17, 15) is 18.0 Å². The van der Waals surface area contributed by atoms with E-state index in [0.29, 0.717) is 52.0 Å². The van der Waals surface area contributed by atoms with E-state index in [-0.39, 0.29) is 18.0 Å². The van der Waals surface area contributed by atoms with Crippen LogP contribution in [0.15, 0.2) is 42.6 Å². The molecule has 0 spiro atoms. The molecule has 0 bridgehead atoms. The molecule has 166 valence electrons.